The maximum Gasteiger partial charge on any atom is 0.311 e. The van der Waals surface area contributed by atoms with Crippen LogP contribution in [0.1, 0.15) is 19.5 Å². The Balaban J connectivity index is 2.31. The monoisotopic (exact) mass is 292 g/mol. The highest BCUT2D eigenvalue weighted by molar-refractivity contribution is 5.94. The molecule has 1 unspecified atom stereocenters. The molecule has 1 aliphatic rings. The standard InChI is InChI=1S/C14H17FN4O2/c1-3-8-5-10-11-12(18-14(15)17-10)19(4-2)9(6-20)7-21-13(11)16-8/h5,9,20H,3-4,6-7H2,1-2H3. The number of halogens is 1. The number of ether oxygens (including phenoxy) is 1. The number of hydrogen-bond acceptors (Lipinski definition) is 6. The summed E-state index contributed by atoms with van der Waals surface area (Å²) in [7, 11) is 0. The second kappa shape index (κ2) is 5.40. The van der Waals surface area contributed by atoms with E-state index in [-0.39, 0.29) is 19.3 Å². The topological polar surface area (TPSA) is 71.4 Å². The maximum absolute atomic E-state index is 13.8. The molecule has 21 heavy (non-hydrogen) atoms. The molecule has 0 aliphatic carbocycles. The second-order valence-corrected chi connectivity index (χ2v) is 4.92. The minimum Gasteiger partial charge on any atom is -0.475 e. The van der Waals surface area contributed by atoms with Crippen LogP contribution in [-0.2, 0) is 6.42 Å². The summed E-state index contributed by atoms with van der Waals surface area (Å²) in [6, 6.07) is 1.47. The van der Waals surface area contributed by atoms with Gasteiger partial charge in [0, 0.05) is 12.2 Å². The number of aliphatic hydroxyl groups is 1. The van der Waals surface area contributed by atoms with E-state index < -0.39 is 6.08 Å². The number of aromatic nitrogens is 3. The van der Waals surface area contributed by atoms with E-state index in [1.807, 2.05) is 18.7 Å². The van der Waals surface area contributed by atoms with Crippen molar-refractivity contribution in [2.75, 3.05) is 24.7 Å². The molecule has 2 aromatic heterocycles. The molecule has 0 fully saturated rings. The van der Waals surface area contributed by atoms with Crippen LogP contribution in [0.2, 0.25) is 0 Å². The summed E-state index contributed by atoms with van der Waals surface area (Å²) < 4.78 is 19.5. The van der Waals surface area contributed by atoms with Crippen LogP contribution in [0.5, 0.6) is 5.88 Å². The van der Waals surface area contributed by atoms with Crippen molar-refractivity contribution in [3.63, 3.8) is 0 Å². The molecule has 1 aliphatic heterocycles. The Labute approximate surface area is 121 Å². The molecule has 0 spiro atoms. The number of likely N-dealkylation sites (N-methyl/N-ethyl adjacent to an activating group) is 1. The maximum atomic E-state index is 13.8. The van der Waals surface area contributed by atoms with Crippen LogP contribution < -0.4 is 9.64 Å². The Hall–Kier alpha value is -2.02. The van der Waals surface area contributed by atoms with Crippen molar-refractivity contribution in [2.24, 2.45) is 0 Å². The molecular formula is C14H17FN4O2. The van der Waals surface area contributed by atoms with E-state index in [0.717, 1.165) is 5.69 Å². The fourth-order valence-electron chi connectivity index (χ4n) is 2.61. The van der Waals surface area contributed by atoms with Gasteiger partial charge >= 0.3 is 6.08 Å². The van der Waals surface area contributed by atoms with Gasteiger partial charge in [-0.1, -0.05) is 6.92 Å². The fourth-order valence-corrected chi connectivity index (χ4v) is 2.61. The summed E-state index contributed by atoms with van der Waals surface area (Å²) in [6.07, 6.45) is -0.0810. The van der Waals surface area contributed by atoms with Gasteiger partial charge in [-0.3, -0.25) is 0 Å². The predicted octanol–water partition coefficient (Wildman–Crippen LogP) is 1.31. The Kier molecular flexibility index (Phi) is 3.59. The molecular weight excluding hydrogens is 275 g/mol. The molecule has 0 amide bonds. The first-order valence-corrected chi connectivity index (χ1v) is 7.05. The van der Waals surface area contributed by atoms with Gasteiger partial charge in [-0.15, -0.1) is 0 Å². The van der Waals surface area contributed by atoms with Crippen molar-refractivity contribution in [1.82, 2.24) is 15.0 Å². The first kappa shape index (κ1) is 13.9. The van der Waals surface area contributed by atoms with Gasteiger partial charge in [-0.2, -0.15) is 9.37 Å². The van der Waals surface area contributed by atoms with Crippen molar-refractivity contribution in [3.05, 3.63) is 17.8 Å². The van der Waals surface area contributed by atoms with Crippen LogP contribution in [0.25, 0.3) is 10.9 Å². The van der Waals surface area contributed by atoms with Crippen molar-refractivity contribution in [3.8, 4) is 5.88 Å². The van der Waals surface area contributed by atoms with E-state index in [1.54, 1.807) is 6.07 Å². The van der Waals surface area contributed by atoms with E-state index in [2.05, 4.69) is 15.0 Å². The van der Waals surface area contributed by atoms with E-state index in [4.69, 9.17) is 4.74 Å². The van der Waals surface area contributed by atoms with Crippen LogP contribution in [0, 0.1) is 6.08 Å². The van der Waals surface area contributed by atoms with E-state index in [0.29, 0.717) is 35.6 Å². The van der Waals surface area contributed by atoms with Gasteiger partial charge in [0.15, 0.2) is 0 Å². The third kappa shape index (κ3) is 2.27. The van der Waals surface area contributed by atoms with E-state index in [1.165, 1.54) is 0 Å². The van der Waals surface area contributed by atoms with Gasteiger partial charge in [0.25, 0.3) is 0 Å². The van der Waals surface area contributed by atoms with Gasteiger partial charge in [0.05, 0.1) is 18.2 Å². The number of anilines is 1. The first-order valence-electron chi connectivity index (χ1n) is 7.05. The minimum absolute atomic E-state index is 0.102. The molecule has 112 valence electrons. The normalized spacial score (nSPS) is 17.7. The van der Waals surface area contributed by atoms with Crippen LogP contribution in [0.4, 0.5) is 10.2 Å². The number of pyridine rings is 1. The zero-order valence-electron chi connectivity index (χ0n) is 12.0. The lowest BCUT2D eigenvalue weighted by atomic mass is 10.2. The lowest BCUT2D eigenvalue weighted by Gasteiger charge is -2.28. The molecule has 3 rings (SSSR count). The molecule has 0 aromatic carbocycles. The average Bonchev–Trinajstić information content (AvgIpc) is 2.64. The molecule has 7 heteroatoms. The highest BCUT2D eigenvalue weighted by atomic mass is 19.1. The van der Waals surface area contributed by atoms with E-state index >= 15 is 0 Å². The van der Waals surface area contributed by atoms with E-state index in [9.17, 15) is 9.50 Å². The third-order valence-corrected chi connectivity index (χ3v) is 3.69. The largest absolute Gasteiger partial charge is 0.475 e. The third-order valence-electron chi connectivity index (χ3n) is 3.69. The molecule has 2 aromatic rings. The fraction of sp³-hybridized carbons (Fsp3) is 0.500. The summed E-state index contributed by atoms with van der Waals surface area (Å²) in [5.41, 5.74) is 1.27. The minimum atomic E-state index is -0.784. The summed E-state index contributed by atoms with van der Waals surface area (Å²) in [4.78, 5) is 14.1. The number of aryl methyl sites for hydroxylation is 1. The van der Waals surface area contributed by atoms with Gasteiger partial charge < -0.3 is 14.7 Å². The number of hydrogen-bond donors (Lipinski definition) is 1. The van der Waals surface area contributed by atoms with Crippen molar-refractivity contribution in [1.29, 1.82) is 0 Å². The Morgan fingerprint density at radius 3 is 2.86 bits per heavy atom. The highest BCUT2D eigenvalue weighted by Gasteiger charge is 2.28. The summed E-state index contributed by atoms with van der Waals surface area (Å²) >= 11 is 0. The Morgan fingerprint density at radius 2 is 2.19 bits per heavy atom. The highest BCUT2D eigenvalue weighted by Crippen LogP contribution is 2.35. The number of nitrogens with zero attached hydrogens (tertiary/aromatic N) is 4. The predicted molar refractivity (Wildman–Crippen MR) is 76.1 cm³/mol. The van der Waals surface area contributed by atoms with Crippen molar-refractivity contribution >= 4 is 16.7 Å². The molecule has 0 saturated heterocycles. The number of rotatable bonds is 3. The van der Waals surface area contributed by atoms with Crippen LogP contribution in [0.3, 0.4) is 0 Å². The molecule has 6 nitrogen and oxygen atoms in total. The first-order chi connectivity index (χ1) is 10.2. The Bertz CT molecular complexity index is 680. The van der Waals surface area contributed by atoms with Gasteiger partial charge in [0.1, 0.15) is 17.8 Å². The summed E-state index contributed by atoms with van der Waals surface area (Å²) in [5, 5.41) is 10.1. The average molecular weight is 292 g/mol. The molecule has 0 radical (unpaired) electrons. The SMILES string of the molecule is CCc1cc2nc(F)nc3c2c(n1)OCC(CO)N3CC. The van der Waals surface area contributed by atoms with Crippen LogP contribution in [0.15, 0.2) is 6.07 Å². The number of aliphatic hydroxyl groups excluding tert-OH is 1. The second-order valence-electron chi connectivity index (χ2n) is 4.92. The van der Waals surface area contributed by atoms with Gasteiger partial charge in [-0.25, -0.2) is 9.97 Å². The Morgan fingerprint density at radius 1 is 1.38 bits per heavy atom. The van der Waals surface area contributed by atoms with Crippen molar-refractivity contribution < 1.29 is 14.2 Å². The van der Waals surface area contributed by atoms with Gasteiger partial charge in [-0.05, 0) is 19.4 Å². The lowest BCUT2D eigenvalue weighted by Crippen LogP contribution is -2.41. The molecule has 0 bridgehead atoms. The van der Waals surface area contributed by atoms with Crippen LogP contribution in [-0.4, -0.2) is 45.9 Å². The molecule has 0 saturated carbocycles. The summed E-state index contributed by atoms with van der Waals surface area (Å²) in [5.74, 6) is 0.843. The molecule has 1 N–H and O–H groups in total. The smallest absolute Gasteiger partial charge is 0.311 e. The molecule has 1 atom stereocenters. The van der Waals surface area contributed by atoms with Crippen LogP contribution >= 0.6 is 0 Å². The zero-order chi connectivity index (χ0) is 15.0. The lowest BCUT2D eigenvalue weighted by molar-refractivity contribution is 0.200. The van der Waals surface area contributed by atoms with Gasteiger partial charge in [0.2, 0.25) is 5.88 Å². The quantitative estimate of drug-likeness (QED) is 0.860. The van der Waals surface area contributed by atoms with Crippen molar-refractivity contribution in [2.45, 2.75) is 26.3 Å². The molecule has 3 heterocycles. The summed E-state index contributed by atoms with van der Waals surface area (Å²) in [6.45, 7) is 4.64. The zero-order valence-corrected chi connectivity index (χ0v) is 12.0.